The number of carbonyl (C=O) groups excluding carboxylic acids is 1. The highest BCUT2D eigenvalue weighted by Gasteiger charge is 2.14. The fraction of sp³-hybridized carbons (Fsp3) is 0.0769. The number of anilines is 2. The highest BCUT2D eigenvalue weighted by molar-refractivity contribution is 9.10. The summed E-state index contributed by atoms with van der Waals surface area (Å²) < 4.78 is 5.57. The lowest BCUT2D eigenvalue weighted by atomic mass is 10.1. The van der Waals surface area contributed by atoms with Crippen LogP contribution in [-0.4, -0.2) is 23.1 Å². The van der Waals surface area contributed by atoms with Crippen LogP contribution in [0.5, 0.6) is 11.5 Å². The van der Waals surface area contributed by atoms with Gasteiger partial charge in [0.1, 0.15) is 17.3 Å². The molecule has 0 spiro atoms. The second kappa shape index (κ2) is 5.79. The number of phenols is 1. The van der Waals surface area contributed by atoms with Crippen LogP contribution in [-0.2, 0) is 0 Å². The average Bonchev–Trinajstić information content (AvgIpc) is 2.42. The SMILES string of the molecule is COc1ccc(O)c(C(=O)Nc2ncc(N)cc2Br)c1. The third-order valence-corrected chi connectivity index (χ3v) is 3.15. The first-order valence-corrected chi connectivity index (χ1v) is 6.40. The van der Waals surface area contributed by atoms with Crippen LogP contribution in [0.2, 0.25) is 0 Å². The monoisotopic (exact) mass is 337 g/mol. The summed E-state index contributed by atoms with van der Waals surface area (Å²) >= 11 is 3.25. The second-order valence-electron chi connectivity index (χ2n) is 3.94. The highest BCUT2D eigenvalue weighted by atomic mass is 79.9. The molecule has 0 atom stereocenters. The van der Waals surface area contributed by atoms with Crippen molar-refractivity contribution in [3.63, 3.8) is 0 Å². The molecule has 0 saturated heterocycles. The van der Waals surface area contributed by atoms with Crippen LogP contribution in [0.25, 0.3) is 0 Å². The van der Waals surface area contributed by atoms with Crippen molar-refractivity contribution in [2.75, 3.05) is 18.2 Å². The van der Waals surface area contributed by atoms with Gasteiger partial charge in [0.15, 0.2) is 0 Å². The van der Waals surface area contributed by atoms with Gasteiger partial charge in [-0.15, -0.1) is 0 Å². The number of hydrogen-bond donors (Lipinski definition) is 3. The summed E-state index contributed by atoms with van der Waals surface area (Å²) in [7, 11) is 1.48. The van der Waals surface area contributed by atoms with Crippen molar-refractivity contribution >= 4 is 33.3 Å². The van der Waals surface area contributed by atoms with Gasteiger partial charge in [-0.3, -0.25) is 4.79 Å². The Labute approximate surface area is 123 Å². The lowest BCUT2D eigenvalue weighted by molar-refractivity contribution is 0.102. The number of ether oxygens (including phenoxy) is 1. The Morgan fingerprint density at radius 2 is 2.20 bits per heavy atom. The topological polar surface area (TPSA) is 97.5 Å². The minimum Gasteiger partial charge on any atom is -0.507 e. The number of aromatic hydroxyl groups is 1. The summed E-state index contributed by atoms with van der Waals surface area (Å²) in [5.41, 5.74) is 6.13. The number of carbonyl (C=O) groups is 1. The molecule has 0 fully saturated rings. The third kappa shape index (κ3) is 3.00. The molecule has 0 aliphatic carbocycles. The summed E-state index contributed by atoms with van der Waals surface area (Å²) in [6.07, 6.45) is 1.42. The number of nitrogens with one attached hydrogen (secondary N) is 1. The summed E-state index contributed by atoms with van der Waals surface area (Å²) in [6.45, 7) is 0. The third-order valence-electron chi connectivity index (χ3n) is 2.54. The van der Waals surface area contributed by atoms with E-state index in [0.29, 0.717) is 21.7 Å². The zero-order chi connectivity index (χ0) is 14.7. The van der Waals surface area contributed by atoms with Crippen molar-refractivity contribution in [3.05, 3.63) is 40.5 Å². The number of nitrogen functional groups attached to an aromatic ring is 1. The van der Waals surface area contributed by atoms with E-state index < -0.39 is 5.91 Å². The number of nitrogens with zero attached hydrogens (tertiary/aromatic N) is 1. The molecule has 2 aromatic rings. The molecule has 1 amide bonds. The maximum absolute atomic E-state index is 12.1. The zero-order valence-corrected chi connectivity index (χ0v) is 12.1. The van der Waals surface area contributed by atoms with E-state index in [2.05, 4.69) is 26.2 Å². The molecular weight excluding hydrogens is 326 g/mol. The van der Waals surface area contributed by atoms with Crippen molar-refractivity contribution in [3.8, 4) is 11.5 Å². The van der Waals surface area contributed by atoms with Crippen molar-refractivity contribution < 1.29 is 14.6 Å². The predicted octanol–water partition coefficient (Wildman–Crippen LogP) is 2.39. The van der Waals surface area contributed by atoms with Crippen LogP contribution >= 0.6 is 15.9 Å². The van der Waals surface area contributed by atoms with E-state index >= 15 is 0 Å². The van der Waals surface area contributed by atoms with E-state index in [1.165, 1.54) is 25.4 Å². The number of hydrogen-bond acceptors (Lipinski definition) is 5. The molecule has 6 nitrogen and oxygen atoms in total. The van der Waals surface area contributed by atoms with Crippen LogP contribution in [0, 0.1) is 0 Å². The van der Waals surface area contributed by atoms with E-state index in [0.717, 1.165) is 0 Å². The molecule has 1 heterocycles. The molecule has 0 radical (unpaired) electrons. The molecule has 1 aromatic carbocycles. The minimum absolute atomic E-state index is 0.0925. The van der Waals surface area contributed by atoms with Gasteiger partial charge < -0.3 is 20.9 Å². The number of halogens is 1. The number of methoxy groups -OCH3 is 1. The molecular formula is C13H12BrN3O3. The Morgan fingerprint density at radius 1 is 1.45 bits per heavy atom. The second-order valence-corrected chi connectivity index (χ2v) is 4.79. The molecule has 20 heavy (non-hydrogen) atoms. The van der Waals surface area contributed by atoms with Crippen molar-refractivity contribution in [1.29, 1.82) is 0 Å². The van der Waals surface area contributed by atoms with E-state index in [-0.39, 0.29) is 11.3 Å². The normalized spacial score (nSPS) is 10.1. The molecule has 0 bridgehead atoms. The highest BCUT2D eigenvalue weighted by Crippen LogP contribution is 2.26. The van der Waals surface area contributed by atoms with Crippen LogP contribution in [0.4, 0.5) is 11.5 Å². The minimum atomic E-state index is -0.501. The van der Waals surface area contributed by atoms with Gasteiger partial charge in [-0.1, -0.05) is 0 Å². The van der Waals surface area contributed by atoms with Crippen molar-refractivity contribution in [1.82, 2.24) is 4.98 Å². The van der Waals surface area contributed by atoms with Gasteiger partial charge >= 0.3 is 0 Å². The maximum atomic E-state index is 12.1. The van der Waals surface area contributed by atoms with Crippen LogP contribution in [0.15, 0.2) is 34.9 Å². The number of phenolic OH excluding ortho intramolecular Hbond substituents is 1. The molecule has 1 aromatic heterocycles. The first-order chi connectivity index (χ1) is 9.51. The van der Waals surface area contributed by atoms with Gasteiger partial charge in [0.25, 0.3) is 5.91 Å². The smallest absolute Gasteiger partial charge is 0.260 e. The van der Waals surface area contributed by atoms with Crippen LogP contribution < -0.4 is 15.8 Å². The van der Waals surface area contributed by atoms with Gasteiger partial charge in [0.05, 0.1) is 29.0 Å². The number of aromatic nitrogens is 1. The number of pyridine rings is 1. The Hall–Kier alpha value is -2.28. The van der Waals surface area contributed by atoms with Crippen molar-refractivity contribution in [2.45, 2.75) is 0 Å². The molecule has 0 aliphatic heterocycles. The molecule has 2 rings (SSSR count). The lowest BCUT2D eigenvalue weighted by Crippen LogP contribution is -2.14. The Balaban J connectivity index is 2.28. The molecule has 0 unspecified atom stereocenters. The van der Waals surface area contributed by atoms with Gasteiger partial charge in [-0.05, 0) is 40.2 Å². The largest absolute Gasteiger partial charge is 0.507 e. The lowest BCUT2D eigenvalue weighted by Gasteiger charge is -2.09. The Morgan fingerprint density at radius 3 is 2.85 bits per heavy atom. The average molecular weight is 338 g/mol. The molecule has 104 valence electrons. The predicted molar refractivity (Wildman–Crippen MR) is 79.0 cm³/mol. The summed E-state index contributed by atoms with van der Waals surface area (Å²) in [5, 5.41) is 12.3. The zero-order valence-electron chi connectivity index (χ0n) is 10.6. The van der Waals surface area contributed by atoms with Gasteiger partial charge in [-0.25, -0.2) is 4.98 Å². The van der Waals surface area contributed by atoms with E-state index in [1.807, 2.05) is 0 Å². The molecule has 0 saturated carbocycles. The fourth-order valence-electron chi connectivity index (χ4n) is 1.54. The number of benzene rings is 1. The maximum Gasteiger partial charge on any atom is 0.260 e. The quantitative estimate of drug-likeness (QED) is 0.798. The Bertz CT molecular complexity index is 661. The number of nitrogens with two attached hydrogens (primary N) is 1. The summed E-state index contributed by atoms with van der Waals surface area (Å²) in [6, 6.07) is 6.01. The van der Waals surface area contributed by atoms with E-state index in [1.54, 1.807) is 12.1 Å². The van der Waals surface area contributed by atoms with Gasteiger partial charge in [-0.2, -0.15) is 0 Å². The molecule has 4 N–H and O–H groups in total. The summed E-state index contributed by atoms with van der Waals surface area (Å²) in [4.78, 5) is 16.1. The first-order valence-electron chi connectivity index (χ1n) is 5.60. The fourth-order valence-corrected chi connectivity index (χ4v) is 2.01. The number of rotatable bonds is 3. The van der Waals surface area contributed by atoms with Crippen LogP contribution in [0.3, 0.4) is 0 Å². The van der Waals surface area contributed by atoms with Gasteiger partial charge in [0, 0.05) is 0 Å². The van der Waals surface area contributed by atoms with Crippen molar-refractivity contribution in [2.24, 2.45) is 0 Å². The van der Waals surface area contributed by atoms with E-state index in [4.69, 9.17) is 10.5 Å². The molecule has 0 aliphatic rings. The molecule has 7 heteroatoms. The van der Waals surface area contributed by atoms with Gasteiger partial charge in [0.2, 0.25) is 0 Å². The van der Waals surface area contributed by atoms with Crippen LogP contribution in [0.1, 0.15) is 10.4 Å². The van der Waals surface area contributed by atoms with E-state index in [9.17, 15) is 9.90 Å². The standard InChI is InChI=1S/C13H12BrN3O3/c1-20-8-2-3-11(18)9(5-8)13(19)17-12-10(14)4-7(15)6-16-12/h2-6,18H,15H2,1H3,(H,16,17,19). The summed E-state index contributed by atoms with van der Waals surface area (Å²) in [5.74, 6) is 0.137. The first kappa shape index (κ1) is 14.1. The Kier molecular flexibility index (Phi) is 4.09. The number of amides is 1.